The first-order valence-corrected chi connectivity index (χ1v) is 3.48. The second kappa shape index (κ2) is 5.14. The van der Waals surface area contributed by atoms with Crippen LogP contribution in [0, 0.1) is 6.92 Å². The maximum absolute atomic E-state index is 3.99. The third-order valence-corrected chi connectivity index (χ3v) is 1.90. The summed E-state index contributed by atoms with van der Waals surface area (Å²) in [7, 11) is 0. The third-order valence-electron chi connectivity index (χ3n) is 1.90. The van der Waals surface area contributed by atoms with Crippen molar-refractivity contribution in [1.82, 2.24) is 0 Å². The van der Waals surface area contributed by atoms with E-state index in [2.05, 4.69) is 43.3 Å². The molecule has 1 aliphatic rings. The Balaban J connectivity index is 0.000000605. The second-order valence-corrected chi connectivity index (χ2v) is 2.59. The van der Waals surface area contributed by atoms with Gasteiger partial charge in [-0.05, 0) is 5.56 Å². The summed E-state index contributed by atoms with van der Waals surface area (Å²) in [4.78, 5) is 0. The zero-order valence-electron chi connectivity index (χ0n) is 6.63. The molecule has 1 unspecified atom stereocenters. The van der Waals surface area contributed by atoms with Gasteiger partial charge in [-0.3, -0.25) is 0 Å². The average molecular weight is 300 g/mol. The number of allylic oxidation sites excluding steroid dienone is 1. The molecule has 1 aromatic rings. The Morgan fingerprint density at radius 1 is 1.17 bits per heavy atom. The topological polar surface area (TPSA) is 0 Å². The number of hydrogen-bond acceptors (Lipinski definition) is 0. The summed E-state index contributed by atoms with van der Waals surface area (Å²) in [5.41, 5.74) is 2.67. The van der Waals surface area contributed by atoms with Crippen molar-refractivity contribution in [2.75, 3.05) is 0 Å². The first-order chi connectivity index (χ1) is 4.88. The molecule has 0 saturated carbocycles. The van der Waals surface area contributed by atoms with Crippen LogP contribution < -0.4 is 17.0 Å². The molecule has 0 bridgehead atoms. The van der Waals surface area contributed by atoms with Crippen LogP contribution >= 0.6 is 0 Å². The fourth-order valence-electron chi connectivity index (χ4n) is 1.32. The van der Waals surface area contributed by atoms with Gasteiger partial charge >= 0.3 is 26.2 Å². The minimum absolute atomic E-state index is 0. The van der Waals surface area contributed by atoms with Gasteiger partial charge in [0.05, 0.1) is 0 Å². The van der Waals surface area contributed by atoms with Crippen molar-refractivity contribution in [3.05, 3.63) is 48.4 Å². The summed E-state index contributed by atoms with van der Waals surface area (Å²) in [6.45, 7) is 3.99. The average Bonchev–Trinajstić information content (AvgIpc) is 2.34. The monoisotopic (exact) mass is 298 g/mol. The SMILES string of the molecule is [Br-].[CH2-]C1C=Cc2ccccc21.[Zr+2]. The van der Waals surface area contributed by atoms with Crippen molar-refractivity contribution in [3.63, 3.8) is 0 Å². The standard InChI is InChI=1S/C10H9.BrH.Zr/c1-8-6-7-9-4-2-3-5-10(8)9;;/h2-8H,1H2;1H;/q-1;;+2/p-1. The van der Waals surface area contributed by atoms with E-state index >= 15 is 0 Å². The van der Waals surface area contributed by atoms with Crippen LogP contribution in [0.3, 0.4) is 0 Å². The summed E-state index contributed by atoms with van der Waals surface area (Å²) in [6.07, 6.45) is 4.26. The molecule has 1 aromatic carbocycles. The van der Waals surface area contributed by atoms with Crippen LogP contribution in [0.2, 0.25) is 0 Å². The van der Waals surface area contributed by atoms with Gasteiger partial charge in [-0.25, -0.2) is 0 Å². The van der Waals surface area contributed by atoms with Gasteiger partial charge in [0.1, 0.15) is 0 Å². The number of benzene rings is 1. The fourth-order valence-corrected chi connectivity index (χ4v) is 1.32. The van der Waals surface area contributed by atoms with Crippen molar-refractivity contribution in [2.45, 2.75) is 5.92 Å². The van der Waals surface area contributed by atoms with E-state index in [1.807, 2.05) is 0 Å². The smallest absolute Gasteiger partial charge is 1.00 e. The first kappa shape index (κ1) is 12.3. The maximum Gasteiger partial charge on any atom is 2.00 e. The zero-order chi connectivity index (χ0) is 6.97. The molecule has 0 spiro atoms. The first-order valence-electron chi connectivity index (χ1n) is 3.48. The van der Waals surface area contributed by atoms with E-state index in [4.69, 9.17) is 0 Å². The van der Waals surface area contributed by atoms with Crippen LogP contribution in [0.25, 0.3) is 6.08 Å². The summed E-state index contributed by atoms with van der Waals surface area (Å²) in [5.74, 6) is 0.371. The van der Waals surface area contributed by atoms with Crippen LogP contribution in [0.15, 0.2) is 30.3 Å². The van der Waals surface area contributed by atoms with E-state index in [1.165, 1.54) is 11.1 Å². The van der Waals surface area contributed by atoms with Gasteiger partial charge in [-0.1, -0.05) is 35.9 Å². The summed E-state index contributed by atoms with van der Waals surface area (Å²) < 4.78 is 0. The molecule has 0 radical (unpaired) electrons. The molecule has 0 heterocycles. The number of halogens is 1. The van der Waals surface area contributed by atoms with Crippen molar-refractivity contribution in [1.29, 1.82) is 0 Å². The fraction of sp³-hybridized carbons (Fsp3) is 0.100. The normalized spacial score (nSPS) is 17.6. The molecule has 0 aliphatic heterocycles. The molecule has 2 heteroatoms. The van der Waals surface area contributed by atoms with Gasteiger partial charge in [0.25, 0.3) is 0 Å². The minimum atomic E-state index is 0. The summed E-state index contributed by atoms with van der Waals surface area (Å²) in [6, 6.07) is 8.37. The van der Waals surface area contributed by atoms with Gasteiger partial charge in [0, 0.05) is 0 Å². The molecule has 12 heavy (non-hydrogen) atoms. The molecule has 2 rings (SSSR count). The Morgan fingerprint density at radius 2 is 1.83 bits per heavy atom. The van der Waals surface area contributed by atoms with E-state index in [1.54, 1.807) is 0 Å². The molecule has 0 amide bonds. The van der Waals surface area contributed by atoms with E-state index in [9.17, 15) is 0 Å². The van der Waals surface area contributed by atoms with E-state index in [-0.39, 0.29) is 43.2 Å². The Labute approximate surface area is 103 Å². The molecule has 1 aliphatic carbocycles. The molecule has 0 saturated heterocycles. The Bertz CT molecular complexity index is 281. The van der Waals surface area contributed by atoms with Crippen molar-refractivity contribution >= 4 is 6.08 Å². The molecular formula is C10H9BrZr. The van der Waals surface area contributed by atoms with E-state index in [0.717, 1.165) is 0 Å². The zero-order valence-corrected chi connectivity index (χ0v) is 10.7. The van der Waals surface area contributed by atoms with E-state index < -0.39 is 0 Å². The number of rotatable bonds is 0. The Kier molecular flexibility index (Phi) is 5.28. The van der Waals surface area contributed by atoms with Crippen molar-refractivity contribution in [3.8, 4) is 0 Å². The van der Waals surface area contributed by atoms with Crippen LogP contribution in [-0.4, -0.2) is 0 Å². The van der Waals surface area contributed by atoms with Crippen LogP contribution in [0.1, 0.15) is 17.0 Å². The third kappa shape index (κ3) is 2.17. The van der Waals surface area contributed by atoms with Crippen LogP contribution in [0.5, 0.6) is 0 Å². The largest absolute Gasteiger partial charge is 2.00 e. The predicted molar refractivity (Wildman–Crippen MR) is 43.6 cm³/mol. The molecule has 0 aromatic heterocycles. The minimum Gasteiger partial charge on any atom is -1.00 e. The van der Waals surface area contributed by atoms with E-state index in [0.29, 0.717) is 5.92 Å². The molecule has 0 fully saturated rings. The van der Waals surface area contributed by atoms with Gasteiger partial charge in [0.15, 0.2) is 0 Å². The molecule has 60 valence electrons. The Morgan fingerprint density at radius 3 is 2.50 bits per heavy atom. The van der Waals surface area contributed by atoms with Gasteiger partial charge < -0.3 is 23.9 Å². The molecule has 1 atom stereocenters. The quantitative estimate of drug-likeness (QED) is 0.574. The summed E-state index contributed by atoms with van der Waals surface area (Å²) >= 11 is 0. The van der Waals surface area contributed by atoms with Crippen LogP contribution in [0.4, 0.5) is 0 Å². The van der Waals surface area contributed by atoms with Gasteiger partial charge in [0.2, 0.25) is 0 Å². The Hall–Kier alpha value is 0.323. The van der Waals surface area contributed by atoms with Crippen LogP contribution in [-0.2, 0) is 26.2 Å². The van der Waals surface area contributed by atoms with Crippen molar-refractivity contribution < 1.29 is 43.2 Å². The van der Waals surface area contributed by atoms with Crippen molar-refractivity contribution in [2.24, 2.45) is 0 Å². The molecule has 0 N–H and O–H groups in total. The van der Waals surface area contributed by atoms with Gasteiger partial charge in [-0.2, -0.15) is 0 Å². The van der Waals surface area contributed by atoms with Gasteiger partial charge in [-0.15, -0.1) is 12.0 Å². The maximum atomic E-state index is 3.99. The molecule has 0 nitrogen and oxygen atoms in total. The summed E-state index contributed by atoms with van der Waals surface area (Å²) in [5, 5.41) is 0. The predicted octanol–water partition coefficient (Wildman–Crippen LogP) is -0.367. The number of hydrogen-bond donors (Lipinski definition) is 0. The second-order valence-electron chi connectivity index (χ2n) is 2.59. The molecular weight excluding hydrogens is 291 g/mol. The number of fused-ring (bicyclic) bond motifs is 1.